The molecule has 1 aliphatic carbocycles. The second-order valence-corrected chi connectivity index (χ2v) is 5.73. The van der Waals surface area contributed by atoms with Crippen LogP contribution in [0.2, 0.25) is 0 Å². The summed E-state index contributed by atoms with van der Waals surface area (Å²) < 4.78 is 9.65. The molecular weight excluding hydrogens is 322 g/mol. The number of nitrogens with two attached hydrogens (primary N) is 1. The van der Waals surface area contributed by atoms with Gasteiger partial charge in [-0.1, -0.05) is 48.5 Å². The number of rotatable bonds is 5. The highest BCUT2D eigenvalue weighted by Gasteiger charge is 2.29. The number of fused-ring (bicyclic) bond motifs is 3. The minimum absolute atomic E-state index is 0.0654. The molecular formula is C19H17NO5. The predicted octanol–water partition coefficient (Wildman–Crippen LogP) is 2.74. The second kappa shape index (κ2) is 7.17. The predicted molar refractivity (Wildman–Crippen MR) is 89.6 cm³/mol. The largest absolute Gasteiger partial charge is 0.516 e. The van der Waals surface area contributed by atoms with Crippen LogP contribution in [0.15, 0.2) is 48.5 Å². The van der Waals surface area contributed by atoms with Gasteiger partial charge in [0.1, 0.15) is 6.61 Å². The average molecular weight is 339 g/mol. The van der Waals surface area contributed by atoms with E-state index in [1.807, 2.05) is 48.5 Å². The van der Waals surface area contributed by atoms with Crippen LogP contribution >= 0.6 is 0 Å². The third kappa shape index (κ3) is 3.68. The lowest BCUT2D eigenvalue weighted by Crippen LogP contribution is -2.19. The van der Waals surface area contributed by atoms with Crippen molar-refractivity contribution in [1.82, 2.24) is 0 Å². The van der Waals surface area contributed by atoms with Gasteiger partial charge in [0.15, 0.2) is 0 Å². The normalized spacial score (nSPS) is 12.2. The van der Waals surface area contributed by atoms with Gasteiger partial charge in [0.2, 0.25) is 5.91 Å². The monoisotopic (exact) mass is 339 g/mol. The maximum Gasteiger partial charge on any atom is 0.516 e. The quantitative estimate of drug-likeness (QED) is 0.667. The van der Waals surface area contributed by atoms with Gasteiger partial charge < -0.3 is 15.2 Å². The number of amides is 1. The number of hydrogen-bond acceptors (Lipinski definition) is 5. The molecule has 0 heterocycles. The van der Waals surface area contributed by atoms with Crippen molar-refractivity contribution in [3.63, 3.8) is 0 Å². The number of carbonyl (C=O) groups is 3. The fraction of sp³-hybridized carbons (Fsp3) is 0.211. The van der Waals surface area contributed by atoms with E-state index in [9.17, 15) is 14.4 Å². The Morgan fingerprint density at radius 1 is 0.880 bits per heavy atom. The van der Waals surface area contributed by atoms with Crippen LogP contribution in [-0.2, 0) is 19.1 Å². The van der Waals surface area contributed by atoms with Crippen LogP contribution in [0.1, 0.15) is 29.9 Å². The van der Waals surface area contributed by atoms with Crippen molar-refractivity contribution < 1.29 is 23.9 Å². The van der Waals surface area contributed by atoms with E-state index in [2.05, 4.69) is 4.74 Å². The first-order valence-corrected chi connectivity index (χ1v) is 7.90. The fourth-order valence-electron chi connectivity index (χ4n) is 2.99. The minimum atomic E-state index is -1.07. The summed E-state index contributed by atoms with van der Waals surface area (Å²) in [5.74, 6) is -1.58. The highest BCUT2D eigenvalue weighted by molar-refractivity contribution is 5.85. The maximum absolute atomic E-state index is 11.7. The summed E-state index contributed by atoms with van der Waals surface area (Å²) >= 11 is 0. The Morgan fingerprint density at radius 2 is 1.44 bits per heavy atom. The summed E-state index contributed by atoms with van der Waals surface area (Å²) in [5.41, 5.74) is 9.29. The van der Waals surface area contributed by atoms with Gasteiger partial charge in [-0.05, 0) is 22.3 Å². The number of esters is 1. The Hall–Kier alpha value is -3.15. The van der Waals surface area contributed by atoms with Crippen LogP contribution in [0.3, 0.4) is 0 Å². The zero-order valence-electron chi connectivity index (χ0n) is 13.4. The van der Waals surface area contributed by atoms with E-state index in [-0.39, 0.29) is 25.4 Å². The van der Waals surface area contributed by atoms with Gasteiger partial charge in [0.25, 0.3) is 0 Å². The average Bonchev–Trinajstić information content (AvgIpc) is 2.92. The van der Waals surface area contributed by atoms with E-state index < -0.39 is 18.0 Å². The molecule has 2 N–H and O–H groups in total. The van der Waals surface area contributed by atoms with Crippen molar-refractivity contribution in [2.24, 2.45) is 5.73 Å². The van der Waals surface area contributed by atoms with Crippen LogP contribution in [-0.4, -0.2) is 24.6 Å². The fourth-order valence-corrected chi connectivity index (χ4v) is 2.99. The molecule has 6 heteroatoms. The number of primary amides is 1. The standard InChI is InChI=1S/C19H17NO5/c20-17(21)9-10-18(22)25-19(23)24-11-16-14-7-3-1-5-12(14)13-6-2-4-8-15(13)16/h1-8,16H,9-11H2,(H2,20,21). The third-order valence-corrected chi connectivity index (χ3v) is 4.10. The molecule has 0 radical (unpaired) electrons. The molecule has 0 unspecified atom stereocenters. The molecule has 0 spiro atoms. The smallest absolute Gasteiger partial charge is 0.433 e. The van der Waals surface area contributed by atoms with Crippen LogP contribution < -0.4 is 5.73 Å². The molecule has 2 aromatic carbocycles. The van der Waals surface area contributed by atoms with Crippen molar-refractivity contribution in [1.29, 1.82) is 0 Å². The first kappa shape index (κ1) is 16.7. The second-order valence-electron chi connectivity index (χ2n) is 5.73. The number of benzene rings is 2. The molecule has 1 amide bonds. The SMILES string of the molecule is NC(=O)CCC(=O)OC(=O)OCC1c2ccccc2-c2ccccc21. The van der Waals surface area contributed by atoms with E-state index >= 15 is 0 Å². The van der Waals surface area contributed by atoms with E-state index in [4.69, 9.17) is 10.5 Å². The van der Waals surface area contributed by atoms with Gasteiger partial charge in [-0.2, -0.15) is 0 Å². The van der Waals surface area contributed by atoms with Crippen molar-refractivity contribution >= 4 is 18.0 Å². The molecule has 128 valence electrons. The van der Waals surface area contributed by atoms with Crippen LogP contribution in [0.4, 0.5) is 4.79 Å². The summed E-state index contributed by atoms with van der Waals surface area (Å²) in [5, 5.41) is 0. The third-order valence-electron chi connectivity index (χ3n) is 4.10. The number of carbonyl (C=O) groups excluding carboxylic acids is 3. The van der Waals surface area contributed by atoms with Gasteiger partial charge in [-0.25, -0.2) is 4.79 Å². The molecule has 6 nitrogen and oxygen atoms in total. The van der Waals surface area contributed by atoms with Crippen molar-refractivity contribution in [3.05, 3.63) is 59.7 Å². The lowest BCUT2D eigenvalue weighted by molar-refractivity contribution is -0.141. The molecule has 0 fully saturated rings. The van der Waals surface area contributed by atoms with E-state index in [0.717, 1.165) is 22.3 Å². The molecule has 25 heavy (non-hydrogen) atoms. The topological polar surface area (TPSA) is 95.7 Å². The van der Waals surface area contributed by atoms with E-state index in [1.54, 1.807) is 0 Å². The van der Waals surface area contributed by atoms with E-state index in [0.29, 0.717) is 0 Å². The molecule has 0 atom stereocenters. The van der Waals surface area contributed by atoms with Gasteiger partial charge >= 0.3 is 12.1 Å². The minimum Gasteiger partial charge on any atom is -0.433 e. The molecule has 2 aromatic rings. The summed E-state index contributed by atoms with van der Waals surface area (Å²) in [7, 11) is 0. The Bertz CT molecular complexity index is 785. The van der Waals surface area contributed by atoms with Gasteiger partial charge in [-0.3, -0.25) is 9.59 Å². The highest BCUT2D eigenvalue weighted by atomic mass is 16.7. The highest BCUT2D eigenvalue weighted by Crippen LogP contribution is 2.44. The first-order valence-electron chi connectivity index (χ1n) is 7.90. The molecule has 0 bridgehead atoms. The van der Waals surface area contributed by atoms with E-state index in [1.165, 1.54) is 0 Å². The van der Waals surface area contributed by atoms with Crippen LogP contribution in [0.25, 0.3) is 11.1 Å². The summed E-state index contributed by atoms with van der Waals surface area (Å²) in [6.07, 6.45) is -1.49. The summed E-state index contributed by atoms with van der Waals surface area (Å²) in [6.45, 7) is 0.0654. The molecule has 0 saturated heterocycles. The number of hydrogen-bond donors (Lipinski definition) is 1. The van der Waals surface area contributed by atoms with Gasteiger partial charge in [-0.15, -0.1) is 0 Å². The van der Waals surface area contributed by atoms with Crippen LogP contribution in [0, 0.1) is 0 Å². The zero-order valence-corrected chi connectivity index (χ0v) is 13.4. The summed E-state index contributed by atoms with van der Waals surface area (Å²) in [6, 6.07) is 15.8. The molecule has 1 aliphatic rings. The lowest BCUT2D eigenvalue weighted by Gasteiger charge is -2.13. The zero-order chi connectivity index (χ0) is 17.8. The van der Waals surface area contributed by atoms with Crippen molar-refractivity contribution in [2.75, 3.05) is 6.61 Å². The molecule has 0 aromatic heterocycles. The molecule has 0 aliphatic heterocycles. The maximum atomic E-state index is 11.7. The lowest BCUT2D eigenvalue weighted by atomic mass is 9.98. The molecule has 3 rings (SSSR count). The Balaban J connectivity index is 1.64. The van der Waals surface area contributed by atoms with Gasteiger partial charge in [0, 0.05) is 12.3 Å². The Kier molecular flexibility index (Phi) is 4.79. The van der Waals surface area contributed by atoms with Crippen LogP contribution in [0.5, 0.6) is 0 Å². The first-order chi connectivity index (χ1) is 12.1. The number of ether oxygens (including phenoxy) is 2. The van der Waals surface area contributed by atoms with Gasteiger partial charge in [0.05, 0.1) is 6.42 Å². The van der Waals surface area contributed by atoms with Crippen molar-refractivity contribution in [3.8, 4) is 11.1 Å². The summed E-state index contributed by atoms with van der Waals surface area (Å²) in [4.78, 5) is 33.7. The Morgan fingerprint density at radius 3 is 2.00 bits per heavy atom. The molecule has 0 saturated carbocycles. The van der Waals surface area contributed by atoms with Crippen molar-refractivity contribution in [2.45, 2.75) is 18.8 Å². The Labute approximate surface area is 144 Å².